The fourth-order valence-corrected chi connectivity index (χ4v) is 4.26. The molecule has 6 nitrogen and oxygen atoms in total. The van der Waals surface area contributed by atoms with Gasteiger partial charge >= 0.3 is 6.03 Å². The van der Waals surface area contributed by atoms with Gasteiger partial charge in [0.1, 0.15) is 0 Å². The lowest BCUT2D eigenvalue weighted by Crippen LogP contribution is -2.48. The minimum absolute atomic E-state index is 0.104. The molecule has 1 aromatic carbocycles. The molecular formula is C21H27Cl2N5O. The van der Waals surface area contributed by atoms with Crippen molar-refractivity contribution >= 4 is 29.2 Å². The molecule has 156 valence electrons. The van der Waals surface area contributed by atoms with E-state index in [-0.39, 0.29) is 18.1 Å². The molecule has 0 spiro atoms. The van der Waals surface area contributed by atoms with Crippen LogP contribution in [0.2, 0.25) is 10.0 Å². The quantitative estimate of drug-likeness (QED) is 0.764. The number of urea groups is 1. The molecule has 1 N–H and O–H groups in total. The number of aromatic nitrogens is 2. The van der Waals surface area contributed by atoms with E-state index in [9.17, 15) is 4.79 Å². The number of rotatable bonds is 4. The van der Waals surface area contributed by atoms with Crippen molar-refractivity contribution < 1.29 is 4.79 Å². The van der Waals surface area contributed by atoms with Crippen LogP contribution >= 0.6 is 23.2 Å². The maximum Gasteiger partial charge on any atom is 0.317 e. The van der Waals surface area contributed by atoms with Gasteiger partial charge in [0.25, 0.3) is 0 Å². The lowest BCUT2D eigenvalue weighted by molar-refractivity contribution is 0.146. The van der Waals surface area contributed by atoms with Gasteiger partial charge in [-0.1, -0.05) is 35.3 Å². The van der Waals surface area contributed by atoms with Crippen LogP contribution in [0.15, 0.2) is 24.5 Å². The molecule has 3 rings (SSSR count). The first-order chi connectivity index (χ1) is 13.8. The van der Waals surface area contributed by atoms with E-state index in [1.807, 2.05) is 33.0 Å². The van der Waals surface area contributed by atoms with Gasteiger partial charge in [-0.15, -0.1) is 0 Å². The molecule has 1 aliphatic heterocycles. The number of nitrogens with zero attached hydrogens (tertiary/aromatic N) is 4. The van der Waals surface area contributed by atoms with E-state index < -0.39 is 0 Å². The Kier molecular flexibility index (Phi) is 6.98. The molecule has 8 heteroatoms. The highest BCUT2D eigenvalue weighted by Gasteiger charge is 2.26. The maximum atomic E-state index is 12.7. The fraction of sp³-hybridized carbons (Fsp3) is 0.476. The summed E-state index contributed by atoms with van der Waals surface area (Å²) in [5, 5.41) is 3.88. The number of hydrogen-bond donors (Lipinski definition) is 1. The van der Waals surface area contributed by atoms with Crippen molar-refractivity contribution in [2.75, 3.05) is 27.2 Å². The summed E-state index contributed by atoms with van der Waals surface area (Å²) >= 11 is 13.1. The van der Waals surface area contributed by atoms with Crippen LogP contribution in [0.4, 0.5) is 4.79 Å². The Balaban J connectivity index is 1.74. The van der Waals surface area contributed by atoms with E-state index >= 15 is 0 Å². The molecule has 1 fully saturated rings. The molecule has 0 aliphatic carbocycles. The average Bonchev–Trinajstić information content (AvgIpc) is 2.70. The van der Waals surface area contributed by atoms with Crippen LogP contribution in [0.25, 0.3) is 11.3 Å². The van der Waals surface area contributed by atoms with Crippen LogP contribution in [-0.4, -0.2) is 59.0 Å². The van der Waals surface area contributed by atoms with Crippen molar-refractivity contribution in [2.45, 2.75) is 38.8 Å². The monoisotopic (exact) mass is 435 g/mol. The fourth-order valence-electron chi connectivity index (χ4n) is 3.67. The van der Waals surface area contributed by atoms with Crippen molar-refractivity contribution in [1.82, 2.24) is 25.1 Å². The average molecular weight is 436 g/mol. The normalized spacial score (nSPS) is 16.5. The molecule has 1 atom stereocenters. The van der Waals surface area contributed by atoms with E-state index in [2.05, 4.69) is 27.2 Å². The van der Waals surface area contributed by atoms with Gasteiger partial charge in [0.2, 0.25) is 0 Å². The smallest absolute Gasteiger partial charge is 0.317 e. The molecule has 1 aliphatic rings. The first kappa shape index (κ1) is 21.8. The summed E-state index contributed by atoms with van der Waals surface area (Å²) in [4.78, 5) is 25.5. The molecule has 1 aromatic heterocycles. The molecule has 2 heterocycles. The van der Waals surface area contributed by atoms with Gasteiger partial charge in [0.05, 0.1) is 27.5 Å². The third-order valence-electron chi connectivity index (χ3n) is 5.61. The van der Waals surface area contributed by atoms with E-state index in [1.54, 1.807) is 17.3 Å². The molecule has 0 radical (unpaired) electrons. The van der Waals surface area contributed by atoms with Gasteiger partial charge in [-0.3, -0.25) is 9.97 Å². The Hall–Kier alpha value is -1.89. The molecule has 1 saturated heterocycles. The van der Waals surface area contributed by atoms with Gasteiger partial charge in [-0.05, 0) is 52.4 Å². The zero-order chi connectivity index (χ0) is 21.1. The zero-order valence-corrected chi connectivity index (χ0v) is 18.8. The van der Waals surface area contributed by atoms with Gasteiger partial charge in [0.15, 0.2) is 0 Å². The standard InChI is InChI=1S/C21H27Cl2N5O/c1-13(26-21(29)28(4)15-7-11-27(3)12-8-15)16-5-6-17(19(23)18(16)22)20-14(2)24-9-10-25-20/h5-6,9-10,13,15H,7-8,11-12H2,1-4H3,(H,26,29). The number of benzene rings is 1. The van der Waals surface area contributed by atoms with E-state index in [4.69, 9.17) is 23.2 Å². The highest BCUT2D eigenvalue weighted by atomic mass is 35.5. The van der Waals surface area contributed by atoms with Crippen molar-refractivity contribution in [3.8, 4) is 11.3 Å². The lowest BCUT2D eigenvalue weighted by atomic mass is 10.0. The Morgan fingerprint density at radius 1 is 1.21 bits per heavy atom. The van der Waals surface area contributed by atoms with E-state index in [0.717, 1.165) is 42.8 Å². The SMILES string of the molecule is Cc1nccnc1-c1ccc(C(C)NC(=O)N(C)C2CCN(C)CC2)c(Cl)c1Cl. The Morgan fingerprint density at radius 2 is 1.86 bits per heavy atom. The van der Waals surface area contributed by atoms with Crippen LogP contribution < -0.4 is 5.32 Å². The predicted octanol–water partition coefficient (Wildman–Crippen LogP) is 4.56. The number of aryl methyl sites for hydroxylation is 1. The molecule has 0 saturated carbocycles. The topological polar surface area (TPSA) is 61.4 Å². The van der Waals surface area contributed by atoms with Crippen LogP contribution in [0, 0.1) is 6.92 Å². The summed E-state index contributed by atoms with van der Waals surface area (Å²) in [7, 11) is 3.96. The van der Waals surface area contributed by atoms with Crippen LogP contribution in [0.1, 0.15) is 37.1 Å². The second kappa shape index (κ2) is 9.28. The summed E-state index contributed by atoms with van der Waals surface area (Å²) in [6.45, 7) is 5.79. The van der Waals surface area contributed by atoms with Crippen molar-refractivity contribution in [1.29, 1.82) is 0 Å². The summed E-state index contributed by atoms with van der Waals surface area (Å²) in [6, 6.07) is 3.63. The number of piperidine rings is 1. The largest absolute Gasteiger partial charge is 0.331 e. The molecular weight excluding hydrogens is 409 g/mol. The number of carbonyl (C=O) groups is 1. The highest BCUT2D eigenvalue weighted by molar-refractivity contribution is 6.44. The Bertz CT molecular complexity index is 883. The third-order valence-corrected chi connectivity index (χ3v) is 6.51. The second-order valence-corrected chi connectivity index (χ2v) is 8.39. The number of carbonyl (C=O) groups excluding carboxylic acids is 1. The lowest BCUT2D eigenvalue weighted by Gasteiger charge is -2.35. The van der Waals surface area contributed by atoms with Gasteiger partial charge in [-0.25, -0.2) is 4.79 Å². The Labute approximate surface area is 182 Å². The minimum atomic E-state index is -0.279. The summed E-state index contributed by atoms with van der Waals surface area (Å²) < 4.78 is 0. The molecule has 0 bridgehead atoms. The van der Waals surface area contributed by atoms with Crippen molar-refractivity contribution in [2.24, 2.45) is 0 Å². The molecule has 2 amide bonds. The second-order valence-electron chi connectivity index (χ2n) is 7.64. The van der Waals surface area contributed by atoms with E-state index in [1.165, 1.54) is 0 Å². The molecule has 1 unspecified atom stereocenters. The number of hydrogen-bond acceptors (Lipinski definition) is 4. The summed E-state index contributed by atoms with van der Waals surface area (Å²) in [5.74, 6) is 0. The highest BCUT2D eigenvalue weighted by Crippen LogP contribution is 2.38. The number of nitrogens with one attached hydrogen (secondary N) is 1. The molecule has 2 aromatic rings. The van der Waals surface area contributed by atoms with Crippen LogP contribution in [-0.2, 0) is 0 Å². The first-order valence-electron chi connectivity index (χ1n) is 9.77. The summed E-state index contributed by atoms with van der Waals surface area (Å²) in [5.41, 5.74) is 2.98. The zero-order valence-electron chi connectivity index (χ0n) is 17.2. The van der Waals surface area contributed by atoms with E-state index in [0.29, 0.717) is 15.7 Å². The third kappa shape index (κ3) is 4.82. The predicted molar refractivity (Wildman–Crippen MR) is 117 cm³/mol. The van der Waals surface area contributed by atoms with Crippen molar-refractivity contribution in [3.05, 3.63) is 45.8 Å². The number of likely N-dealkylation sites (tertiary alicyclic amines) is 1. The number of halogens is 2. The first-order valence-corrected chi connectivity index (χ1v) is 10.5. The maximum absolute atomic E-state index is 12.7. The van der Waals surface area contributed by atoms with Gasteiger partial charge in [-0.2, -0.15) is 0 Å². The van der Waals surface area contributed by atoms with Crippen molar-refractivity contribution in [3.63, 3.8) is 0 Å². The van der Waals surface area contributed by atoms with Crippen LogP contribution in [0.3, 0.4) is 0 Å². The molecule has 29 heavy (non-hydrogen) atoms. The Morgan fingerprint density at radius 3 is 2.52 bits per heavy atom. The summed E-state index contributed by atoms with van der Waals surface area (Å²) in [6.07, 6.45) is 5.23. The minimum Gasteiger partial charge on any atom is -0.331 e. The van der Waals surface area contributed by atoms with Gasteiger partial charge < -0.3 is 15.1 Å². The van der Waals surface area contributed by atoms with Crippen LogP contribution in [0.5, 0.6) is 0 Å². The number of amides is 2. The van der Waals surface area contributed by atoms with Gasteiger partial charge in [0, 0.05) is 31.0 Å².